The molecule has 4 heterocycles. The van der Waals surface area contributed by atoms with Gasteiger partial charge in [-0.3, -0.25) is 14.5 Å². The van der Waals surface area contributed by atoms with Crippen LogP contribution < -0.4 is 15.5 Å². The number of nitrogens with one attached hydrogen (secondary N) is 1. The summed E-state index contributed by atoms with van der Waals surface area (Å²) in [5.41, 5.74) is 0.911. The van der Waals surface area contributed by atoms with Gasteiger partial charge in [-0.25, -0.2) is 4.39 Å². The predicted octanol–water partition coefficient (Wildman–Crippen LogP) is 3.91. The first-order valence-corrected chi connectivity index (χ1v) is 14.6. The number of likely N-dealkylation sites (N-methyl/N-ethyl adjacent to an activating group) is 1. The zero-order valence-corrected chi connectivity index (χ0v) is 23.7. The van der Waals surface area contributed by atoms with E-state index >= 15 is 4.39 Å². The monoisotopic (exact) mass is 571 g/mol. The number of fused-ring (bicyclic) bond motifs is 4. The minimum absolute atomic E-state index is 0.0321. The Kier molecular flexibility index (Phi) is 7.05. The van der Waals surface area contributed by atoms with Gasteiger partial charge >= 0.3 is 0 Å². The topological polar surface area (TPSA) is 79.3 Å². The molecule has 3 aliphatic heterocycles. The van der Waals surface area contributed by atoms with Crippen LogP contribution in [0.5, 0.6) is 11.5 Å². The largest absolute Gasteiger partial charge is 0.450 e. The average Bonchev–Trinajstić information content (AvgIpc) is 3.02. The third-order valence-corrected chi connectivity index (χ3v) is 8.60. The number of halogens is 1. The Hall–Kier alpha value is -3.99. The number of amides is 1. The minimum Gasteiger partial charge on any atom is -0.450 e. The second-order valence-corrected chi connectivity index (χ2v) is 11.3. The van der Waals surface area contributed by atoms with Gasteiger partial charge in [0.05, 0.1) is 24.3 Å². The lowest BCUT2D eigenvalue weighted by Crippen LogP contribution is -2.48. The van der Waals surface area contributed by atoms with Gasteiger partial charge in [0, 0.05) is 57.4 Å². The number of nitrogens with zero attached hydrogens (tertiary/aromatic N) is 4. The molecule has 0 atom stereocenters. The summed E-state index contributed by atoms with van der Waals surface area (Å²) >= 11 is 0. The molecule has 3 aliphatic rings. The van der Waals surface area contributed by atoms with E-state index in [2.05, 4.69) is 15.1 Å². The van der Waals surface area contributed by atoms with E-state index in [4.69, 9.17) is 9.47 Å². The van der Waals surface area contributed by atoms with Crippen LogP contribution in [0.15, 0.2) is 53.5 Å². The third kappa shape index (κ3) is 4.69. The van der Waals surface area contributed by atoms with Crippen molar-refractivity contribution in [3.63, 3.8) is 0 Å². The molecular formula is C32H34FN5O4. The summed E-state index contributed by atoms with van der Waals surface area (Å²) in [6.45, 7) is 7.18. The van der Waals surface area contributed by atoms with E-state index in [1.165, 1.54) is 6.07 Å². The molecule has 2 saturated heterocycles. The van der Waals surface area contributed by atoms with Gasteiger partial charge in [-0.15, -0.1) is 0 Å². The Morgan fingerprint density at radius 3 is 2.57 bits per heavy atom. The summed E-state index contributed by atoms with van der Waals surface area (Å²) in [4.78, 5) is 33.7. The molecule has 0 radical (unpaired) electrons. The lowest BCUT2D eigenvalue weighted by Gasteiger charge is -2.33. The van der Waals surface area contributed by atoms with E-state index in [1.807, 2.05) is 48.0 Å². The van der Waals surface area contributed by atoms with Crippen LogP contribution in [0.4, 0.5) is 10.1 Å². The van der Waals surface area contributed by atoms with E-state index < -0.39 is 11.2 Å². The van der Waals surface area contributed by atoms with E-state index in [9.17, 15) is 9.59 Å². The number of pyridine rings is 1. The first kappa shape index (κ1) is 26.9. The molecule has 0 bridgehead atoms. The van der Waals surface area contributed by atoms with Gasteiger partial charge in [-0.2, -0.15) is 0 Å². The Morgan fingerprint density at radius 1 is 0.976 bits per heavy atom. The van der Waals surface area contributed by atoms with Crippen LogP contribution in [0.1, 0.15) is 16.8 Å². The highest BCUT2D eigenvalue weighted by Gasteiger charge is 2.31. The third-order valence-electron chi connectivity index (χ3n) is 8.60. The van der Waals surface area contributed by atoms with E-state index in [-0.39, 0.29) is 28.3 Å². The average molecular weight is 572 g/mol. The number of piperazine rings is 1. The van der Waals surface area contributed by atoms with Crippen LogP contribution in [-0.2, 0) is 4.74 Å². The summed E-state index contributed by atoms with van der Waals surface area (Å²) in [6.07, 6.45) is 2.42. The molecule has 1 N–H and O–H groups in total. The number of ether oxygens (including phenoxy) is 2. The molecule has 0 spiro atoms. The van der Waals surface area contributed by atoms with Gasteiger partial charge < -0.3 is 29.2 Å². The number of hydrogen-bond donors (Lipinski definition) is 1. The quantitative estimate of drug-likeness (QED) is 0.310. The number of carbonyl (C=O) groups excluding carboxylic acids is 1. The number of anilines is 1. The zero-order chi connectivity index (χ0) is 28.8. The summed E-state index contributed by atoms with van der Waals surface area (Å²) in [5.74, 6) is -0.0957. The molecular weight excluding hydrogens is 537 g/mol. The Labute approximate surface area is 243 Å². The van der Waals surface area contributed by atoms with Crippen LogP contribution in [0, 0.1) is 5.82 Å². The molecule has 10 heteroatoms. The van der Waals surface area contributed by atoms with Crippen molar-refractivity contribution < 1.29 is 18.7 Å². The number of aromatic nitrogens is 1. The van der Waals surface area contributed by atoms with Gasteiger partial charge in [-0.05, 0) is 37.5 Å². The molecule has 0 aliphatic carbocycles. The second kappa shape index (κ2) is 11.0. The number of benzene rings is 3. The van der Waals surface area contributed by atoms with Crippen LogP contribution in [-0.4, -0.2) is 97.8 Å². The Bertz CT molecular complexity index is 1740. The lowest BCUT2D eigenvalue weighted by molar-refractivity contribution is 0.0378. The van der Waals surface area contributed by atoms with Gasteiger partial charge in [0.15, 0.2) is 17.3 Å². The van der Waals surface area contributed by atoms with Crippen molar-refractivity contribution >= 4 is 33.3 Å². The van der Waals surface area contributed by atoms with Crippen LogP contribution in [0.2, 0.25) is 0 Å². The van der Waals surface area contributed by atoms with Gasteiger partial charge in [-0.1, -0.05) is 30.3 Å². The fourth-order valence-electron chi connectivity index (χ4n) is 6.18. The number of hydrogen-bond acceptors (Lipinski definition) is 7. The first-order chi connectivity index (χ1) is 20.5. The van der Waals surface area contributed by atoms with E-state index in [0.29, 0.717) is 36.6 Å². The molecule has 0 unspecified atom stereocenters. The molecule has 7 rings (SSSR count). The molecule has 3 aromatic carbocycles. The molecule has 1 amide bonds. The fourth-order valence-corrected chi connectivity index (χ4v) is 6.18. The van der Waals surface area contributed by atoms with Crippen LogP contribution >= 0.6 is 0 Å². The van der Waals surface area contributed by atoms with Crippen molar-refractivity contribution in [3.05, 3.63) is 70.3 Å². The van der Waals surface area contributed by atoms with Crippen molar-refractivity contribution in [2.45, 2.75) is 6.42 Å². The number of morpholine rings is 1. The standard InChI is InChI=1S/C32H34FN5O4/c1-35-11-13-37(14-12-35)32(40)24-20-38-26-8-7-21-5-2-3-6-22(21)30(26)42-31-27(25(33)19-23(28(31)38)29(24)39)34-9-4-10-36-15-17-41-18-16-36/h2-3,5-8,19-20,34H,4,9-18H2,1H3. The summed E-state index contributed by atoms with van der Waals surface area (Å²) in [7, 11) is 2.01. The highest BCUT2D eigenvalue weighted by Crippen LogP contribution is 2.47. The maximum absolute atomic E-state index is 15.9. The molecule has 2 fully saturated rings. The zero-order valence-electron chi connectivity index (χ0n) is 23.7. The highest BCUT2D eigenvalue weighted by molar-refractivity contribution is 6.03. The van der Waals surface area contributed by atoms with E-state index in [1.54, 1.807) is 11.1 Å². The molecule has 42 heavy (non-hydrogen) atoms. The van der Waals surface area contributed by atoms with Gasteiger partial charge in [0.25, 0.3) is 5.91 Å². The van der Waals surface area contributed by atoms with Gasteiger partial charge in [0.2, 0.25) is 5.43 Å². The van der Waals surface area contributed by atoms with Crippen molar-refractivity contribution in [1.29, 1.82) is 0 Å². The van der Waals surface area contributed by atoms with Crippen LogP contribution in [0.3, 0.4) is 0 Å². The Balaban J connectivity index is 1.33. The molecule has 9 nitrogen and oxygen atoms in total. The van der Waals surface area contributed by atoms with Gasteiger partial charge in [0.1, 0.15) is 16.8 Å². The van der Waals surface area contributed by atoms with Crippen LogP contribution in [0.25, 0.3) is 27.4 Å². The lowest BCUT2D eigenvalue weighted by atomic mass is 10.0. The molecule has 4 aromatic rings. The van der Waals surface area contributed by atoms with Crippen molar-refractivity contribution in [3.8, 4) is 17.2 Å². The summed E-state index contributed by atoms with van der Waals surface area (Å²) < 4.78 is 29.7. The van der Waals surface area contributed by atoms with Crippen molar-refractivity contribution in [2.24, 2.45) is 0 Å². The minimum atomic E-state index is -0.583. The number of carbonyl (C=O) groups is 1. The van der Waals surface area contributed by atoms with Crippen molar-refractivity contribution in [1.82, 2.24) is 19.3 Å². The maximum Gasteiger partial charge on any atom is 0.259 e. The molecule has 218 valence electrons. The molecule has 0 saturated carbocycles. The highest BCUT2D eigenvalue weighted by atomic mass is 19.1. The number of rotatable bonds is 6. The second-order valence-electron chi connectivity index (χ2n) is 11.3. The van der Waals surface area contributed by atoms with Crippen molar-refractivity contribution in [2.75, 3.05) is 77.9 Å². The smallest absolute Gasteiger partial charge is 0.259 e. The Morgan fingerprint density at radius 2 is 1.76 bits per heavy atom. The summed E-state index contributed by atoms with van der Waals surface area (Å²) in [5, 5.41) is 5.23. The first-order valence-electron chi connectivity index (χ1n) is 14.6. The predicted molar refractivity (Wildman–Crippen MR) is 161 cm³/mol. The SMILES string of the molecule is CN1CCN(C(=O)c2cn3c4c(c(NCCCN5CCOCC5)c(F)cc4c2=O)Oc2c-3ccc3ccccc23)CC1. The summed E-state index contributed by atoms with van der Waals surface area (Å²) in [6, 6.07) is 13.0. The molecule has 1 aromatic heterocycles. The maximum atomic E-state index is 15.9. The fraction of sp³-hybridized carbons (Fsp3) is 0.375. The van der Waals surface area contributed by atoms with E-state index in [0.717, 1.165) is 63.1 Å². The normalized spacial score (nSPS) is 17.3.